The summed E-state index contributed by atoms with van der Waals surface area (Å²) in [6, 6.07) is 12.9. The number of hydrogen-bond donors (Lipinski definition) is 4. The highest BCUT2D eigenvalue weighted by molar-refractivity contribution is 7.45. The van der Waals surface area contributed by atoms with Crippen molar-refractivity contribution in [3.8, 4) is 0 Å². The smallest absolute Gasteiger partial charge is 0.313 e. The van der Waals surface area contributed by atoms with E-state index in [1.165, 1.54) is 0 Å². The molecular weight excluding hydrogens is 381 g/mol. The van der Waals surface area contributed by atoms with Crippen molar-refractivity contribution in [1.82, 2.24) is 5.32 Å². The van der Waals surface area contributed by atoms with Crippen LogP contribution in [-0.4, -0.2) is 33.3 Å². The first kappa shape index (κ1) is 22.1. The zero-order valence-electron chi connectivity index (χ0n) is 15.8. The molecule has 2 aromatic rings. The highest BCUT2D eigenvalue weighted by Crippen LogP contribution is 2.30. The van der Waals surface area contributed by atoms with E-state index in [0.717, 1.165) is 24.8 Å². The van der Waals surface area contributed by atoms with Gasteiger partial charge in [-0.25, -0.2) is 4.57 Å². The van der Waals surface area contributed by atoms with E-state index in [-0.39, 0.29) is 17.6 Å². The molecule has 0 spiro atoms. The van der Waals surface area contributed by atoms with Crippen LogP contribution in [0.4, 0.5) is 0 Å². The van der Waals surface area contributed by atoms with Crippen LogP contribution in [0.15, 0.2) is 42.5 Å². The van der Waals surface area contributed by atoms with Gasteiger partial charge in [0.1, 0.15) is 0 Å². The molecule has 0 aliphatic heterocycles. The monoisotopic (exact) mass is 405 g/mol. The molecule has 1 atom stereocenters. The van der Waals surface area contributed by atoms with Crippen LogP contribution in [-0.2, 0) is 4.57 Å². The quantitative estimate of drug-likeness (QED) is 0.481. The van der Waals surface area contributed by atoms with E-state index in [1.54, 1.807) is 30.3 Å². The summed E-state index contributed by atoms with van der Waals surface area (Å²) in [7, 11) is -2.71. The Morgan fingerprint density at radius 3 is 1.93 bits per heavy atom. The molecule has 28 heavy (non-hydrogen) atoms. The highest BCUT2D eigenvalue weighted by Gasteiger charge is 2.29. The third-order valence-corrected chi connectivity index (χ3v) is 4.55. The molecule has 4 N–H and O–H groups in total. The average molecular weight is 405 g/mol. The number of ketones is 2. The molecule has 2 aromatic carbocycles. The van der Waals surface area contributed by atoms with Crippen molar-refractivity contribution in [3.05, 3.63) is 70.3 Å². The highest BCUT2D eigenvalue weighted by atomic mass is 31.2. The van der Waals surface area contributed by atoms with E-state index in [4.69, 9.17) is 19.2 Å². The van der Waals surface area contributed by atoms with Gasteiger partial charge in [0, 0.05) is 28.3 Å². The second-order valence-electron chi connectivity index (χ2n) is 6.51. The van der Waals surface area contributed by atoms with Gasteiger partial charge in [-0.2, -0.15) is 0 Å². The van der Waals surface area contributed by atoms with Gasteiger partial charge in [-0.1, -0.05) is 50.1 Å². The third-order valence-electron chi connectivity index (χ3n) is 4.55. The molecule has 150 valence electrons. The molecule has 7 nitrogen and oxygen atoms in total. The van der Waals surface area contributed by atoms with Crippen LogP contribution in [0.3, 0.4) is 0 Å². The number of fused-ring (bicyclic) bond motifs is 2. The number of benzene rings is 2. The van der Waals surface area contributed by atoms with Gasteiger partial charge in [0.25, 0.3) is 0 Å². The van der Waals surface area contributed by atoms with Gasteiger partial charge in [0.05, 0.1) is 0 Å². The molecule has 3 rings (SSSR count). The summed E-state index contributed by atoms with van der Waals surface area (Å²) in [5.74, 6) is -0.112. The molecule has 8 heteroatoms. The van der Waals surface area contributed by atoms with Gasteiger partial charge in [-0.05, 0) is 31.2 Å². The molecular formula is C20H24NO6P. The molecule has 0 amide bonds. The number of nitrogens with one attached hydrogen (secondary N) is 1. The van der Waals surface area contributed by atoms with Crippen LogP contribution in [0.5, 0.6) is 0 Å². The summed E-state index contributed by atoms with van der Waals surface area (Å²) in [5, 5.41) is 3.31. The summed E-state index contributed by atoms with van der Waals surface area (Å²) >= 11 is 0. The van der Waals surface area contributed by atoms with Crippen LogP contribution >= 0.6 is 7.82 Å². The van der Waals surface area contributed by atoms with E-state index >= 15 is 0 Å². The largest absolute Gasteiger partial charge is 0.466 e. The van der Waals surface area contributed by atoms with E-state index < -0.39 is 7.82 Å². The van der Waals surface area contributed by atoms with Crippen molar-refractivity contribution in [2.75, 3.05) is 7.05 Å². The second kappa shape index (κ2) is 9.37. The Kier molecular flexibility index (Phi) is 7.41. The first-order valence-corrected chi connectivity index (χ1v) is 10.5. The number of carbonyl (C=O) groups is 2. The molecule has 0 fully saturated rings. The molecule has 0 bridgehead atoms. The summed E-state index contributed by atoms with van der Waals surface area (Å²) in [6.45, 7) is 2.17. The van der Waals surface area contributed by atoms with Crippen molar-refractivity contribution in [1.29, 1.82) is 0 Å². The zero-order valence-corrected chi connectivity index (χ0v) is 16.6. The Balaban J connectivity index is 0.000000500. The Morgan fingerprint density at radius 1 is 0.929 bits per heavy atom. The van der Waals surface area contributed by atoms with E-state index in [9.17, 15) is 9.59 Å². The standard InChI is InChI=1S/C20H21NO2.H3O4P/c1-3-4-9-18(21-2)13-10-11-16-17(12-13)20(23)15-8-6-5-7-14(15)19(16)22;1-5(2,3)4/h5-8,10-12,18,21H,3-4,9H2,1-2H3;(H3,1,2,3,4). The lowest BCUT2D eigenvalue weighted by Gasteiger charge is -2.21. The molecule has 0 saturated heterocycles. The van der Waals surface area contributed by atoms with Crippen LogP contribution in [0.25, 0.3) is 0 Å². The SMILES string of the molecule is CCCCC(NC)c1ccc2c(c1)C(=O)c1ccccc1C2=O.O=P(O)(O)O. The molecule has 0 heterocycles. The Hall–Kier alpha value is -2.15. The molecule has 0 saturated carbocycles. The van der Waals surface area contributed by atoms with Gasteiger partial charge in [0.2, 0.25) is 0 Å². The normalized spacial score (nSPS) is 13.9. The second-order valence-corrected chi connectivity index (χ2v) is 7.53. The Labute approximate surface area is 163 Å². The molecule has 1 aliphatic rings. The number of phosphoric acid groups is 1. The predicted octanol–water partition coefficient (Wildman–Crippen LogP) is 2.98. The maximum absolute atomic E-state index is 12.8. The van der Waals surface area contributed by atoms with E-state index in [0.29, 0.717) is 22.3 Å². The summed E-state index contributed by atoms with van der Waals surface area (Å²) in [6.07, 6.45) is 3.27. The van der Waals surface area contributed by atoms with Crippen molar-refractivity contribution < 1.29 is 28.8 Å². The minimum Gasteiger partial charge on any atom is -0.313 e. The maximum Gasteiger partial charge on any atom is 0.466 e. The van der Waals surface area contributed by atoms with Crippen molar-refractivity contribution in [2.24, 2.45) is 0 Å². The first-order valence-electron chi connectivity index (χ1n) is 8.95. The number of carbonyl (C=O) groups excluding carboxylic acids is 2. The lowest BCUT2D eigenvalue weighted by molar-refractivity contribution is 0.0979. The Bertz CT molecular complexity index is 912. The maximum atomic E-state index is 12.8. The number of hydrogen-bond acceptors (Lipinski definition) is 4. The Morgan fingerprint density at radius 2 is 1.43 bits per heavy atom. The average Bonchev–Trinajstić information content (AvgIpc) is 2.65. The topological polar surface area (TPSA) is 124 Å². The lowest BCUT2D eigenvalue weighted by atomic mass is 9.82. The van der Waals surface area contributed by atoms with Gasteiger partial charge < -0.3 is 20.0 Å². The van der Waals surface area contributed by atoms with Crippen LogP contribution in [0.2, 0.25) is 0 Å². The van der Waals surface area contributed by atoms with Gasteiger partial charge in [-0.3, -0.25) is 9.59 Å². The fraction of sp³-hybridized carbons (Fsp3) is 0.300. The predicted molar refractivity (Wildman–Crippen MR) is 105 cm³/mol. The van der Waals surface area contributed by atoms with E-state index in [1.807, 2.05) is 19.2 Å². The molecule has 0 radical (unpaired) electrons. The molecule has 1 aliphatic carbocycles. The third kappa shape index (κ3) is 5.44. The number of unbranched alkanes of at least 4 members (excludes halogenated alkanes) is 1. The van der Waals surface area contributed by atoms with Gasteiger partial charge in [0.15, 0.2) is 11.6 Å². The van der Waals surface area contributed by atoms with Gasteiger partial charge >= 0.3 is 7.82 Å². The summed E-state index contributed by atoms with van der Waals surface area (Å²) in [4.78, 5) is 46.9. The molecule has 0 aromatic heterocycles. The minimum absolute atomic E-state index is 0.0533. The van der Waals surface area contributed by atoms with Crippen LogP contribution in [0.1, 0.15) is 69.6 Å². The number of rotatable bonds is 5. The van der Waals surface area contributed by atoms with Crippen molar-refractivity contribution in [3.63, 3.8) is 0 Å². The van der Waals surface area contributed by atoms with Crippen molar-refractivity contribution in [2.45, 2.75) is 32.2 Å². The summed E-state index contributed by atoms with van der Waals surface area (Å²) < 4.78 is 8.88. The van der Waals surface area contributed by atoms with Crippen molar-refractivity contribution >= 4 is 19.4 Å². The summed E-state index contributed by atoms with van der Waals surface area (Å²) in [5.41, 5.74) is 3.14. The lowest BCUT2D eigenvalue weighted by Crippen LogP contribution is -2.22. The molecule has 1 unspecified atom stereocenters. The van der Waals surface area contributed by atoms with Crippen LogP contribution < -0.4 is 5.32 Å². The van der Waals surface area contributed by atoms with Gasteiger partial charge in [-0.15, -0.1) is 0 Å². The zero-order chi connectivity index (χ0) is 20.9. The fourth-order valence-corrected chi connectivity index (χ4v) is 3.22. The minimum atomic E-state index is -4.64. The fourth-order valence-electron chi connectivity index (χ4n) is 3.22. The van der Waals surface area contributed by atoms with Crippen LogP contribution in [0, 0.1) is 0 Å². The first-order chi connectivity index (χ1) is 13.2. The van der Waals surface area contributed by atoms with E-state index in [2.05, 4.69) is 12.2 Å².